The first kappa shape index (κ1) is 15.1. The molecule has 0 bridgehead atoms. The van der Waals surface area contributed by atoms with Gasteiger partial charge in [-0.15, -0.1) is 0 Å². The molecule has 116 valence electrons. The Kier molecular flexibility index (Phi) is 4.85. The van der Waals surface area contributed by atoms with E-state index < -0.39 is 0 Å². The van der Waals surface area contributed by atoms with Crippen molar-refractivity contribution in [1.82, 2.24) is 10.4 Å². The van der Waals surface area contributed by atoms with Gasteiger partial charge < -0.3 is 0 Å². The van der Waals surface area contributed by atoms with Crippen LogP contribution in [0.4, 0.5) is 10.8 Å². The lowest BCUT2D eigenvalue weighted by molar-refractivity contribution is 1.10. The van der Waals surface area contributed by atoms with Gasteiger partial charge in [0.25, 0.3) is 0 Å². The third kappa shape index (κ3) is 4.08. The zero-order valence-electron chi connectivity index (χ0n) is 12.7. The molecule has 2 aromatic carbocycles. The Morgan fingerprint density at radius 2 is 1.87 bits per heavy atom. The number of fused-ring (bicyclic) bond motifs is 1. The molecular formula is C17H17N5S. The molecule has 3 N–H and O–H groups in total. The van der Waals surface area contributed by atoms with E-state index in [0.717, 1.165) is 21.0 Å². The Morgan fingerprint density at radius 3 is 2.65 bits per heavy atom. The monoisotopic (exact) mass is 323 g/mol. The van der Waals surface area contributed by atoms with Crippen molar-refractivity contribution in [3.63, 3.8) is 0 Å². The summed E-state index contributed by atoms with van der Waals surface area (Å²) < 4.78 is 1.14. The minimum absolute atomic E-state index is 0.663. The average Bonchev–Trinajstić information content (AvgIpc) is 3.01. The van der Waals surface area contributed by atoms with Gasteiger partial charge in [0.05, 0.1) is 15.9 Å². The van der Waals surface area contributed by atoms with Crippen molar-refractivity contribution in [3.05, 3.63) is 66.7 Å². The molecule has 5 nitrogen and oxygen atoms in total. The van der Waals surface area contributed by atoms with Crippen LogP contribution in [0.5, 0.6) is 0 Å². The minimum atomic E-state index is 0.663. The largest absolute Gasteiger partial charge is 0.281 e. The van der Waals surface area contributed by atoms with E-state index in [9.17, 15) is 0 Å². The maximum Gasteiger partial charge on any atom is 0.202 e. The first-order chi connectivity index (χ1) is 11.3. The maximum absolute atomic E-state index is 4.51. The SMILES string of the molecule is CC=CC(=NNc1ccccc1)NNc1nc2ccccc2s1. The number of anilines is 2. The summed E-state index contributed by atoms with van der Waals surface area (Å²) in [5.74, 6) is 0.663. The number of thiazole rings is 1. The van der Waals surface area contributed by atoms with E-state index in [2.05, 4.69) is 32.4 Å². The van der Waals surface area contributed by atoms with Gasteiger partial charge in [-0.3, -0.25) is 16.3 Å². The molecule has 6 heteroatoms. The van der Waals surface area contributed by atoms with Crippen LogP contribution in [0.25, 0.3) is 10.2 Å². The van der Waals surface area contributed by atoms with Gasteiger partial charge in [-0.1, -0.05) is 47.7 Å². The fraction of sp³-hybridized carbons (Fsp3) is 0.0588. The normalized spacial score (nSPS) is 11.8. The maximum atomic E-state index is 4.51. The molecule has 0 spiro atoms. The number of nitrogens with one attached hydrogen (secondary N) is 3. The molecule has 0 aliphatic rings. The Hall–Kier alpha value is -2.86. The smallest absolute Gasteiger partial charge is 0.202 e. The number of aromatic nitrogens is 1. The number of benzene rings is 2. The Labute approximate surface area is 138 Å². The Bertz CT molecular complexity index is 790. The van der Waals surface area contributed by atoms with Crippen LogP contribution < -0.4 is 16.3 Å². The predicted molar refractivity (Wildman–Crippen MR) is 98.7 cm³/mol. The second-order valence-electron chi connectivity index (χ2n) is 4.71. The number of rotatable bonds is 5. The number of nitrogens with zero attached hydrogens (tertiary/aromatic N) is 2. The van der Waals surface area contributed by atoms with Crippen molar-refractivity contribution in [1.29, 1.82) is 0 Å². The summed E-state index contributed by atoms with van der Waals surface area (Å²) in [6.07, 6.45) is 3.79. The third-order valence-electron chi connectivity index (χ3n) is 3.00. The zero-order valence-corrected chi connectivity index (χ0v) is 13.5. The van der Waals surface area contributed by atoms with Gasteiger partial charge in [-0.05, 0) is 37.3 Å². The Balaban J connectivity index is 1.67. The third-order valence-corrected chi connectivity index (χ3v) is 3.95. The quantitative estimate of drug-likeness (QED) is 0.374. The van der Waals surface area contributed by atoms with Crippen LogP contribution in [0.3, 0.4) is 0 Å². The van der Waals surface area contributed by atoms with E-state index in [-0.39, 0.29) is 0 Å². The number of hydrazone groups is 1. The first-order valence-corrected chi connectivity index (χ1v) is 8.06. The van der Waals surface area contributed by atoms with Crippen LogP contribution in [0.1, 0.15) is 6.92 Å². The van der Waals surface area contributed by atoms with Crippen LogP contribution in [0, 0.1) is 0 Å². The van der Waals surface area contributed by atoms with Gasteiger partial charge in [0, 0.05) is 0 Å². The fourth-order valence-corrected chi connectivity index (χ4v) is 2.76. The molecule has 0 amide bonds. The van der Waals surface area contributed by atoms with Crippen molar-refractivity contribution >= 4 is 38.2 Å². The Morgan fingerprint density at radius 1 is 1.09 bits per heavy atom. The van der Waals surface area contributed by atoms with Crippen LogP contribution in [-0.2, 0) is 0 Å². The summed E-state index contributed by atoms with van der Waals surface area (Å²) in [4.78, 5) is 4.51. The topological polar surface area (TPSA) is 61.3 Å². The molecular weight excluding hydrogens is 306 g/mol. The second kappa shape index (κ2) is 7.42. The van der Waals surface area contributed by atoms with Gasteiger partial charge in [0.15, 0.2) is 5.84 Å². The van der Waals surface area contributed by atoms with Gasteiger partial charge in [-0.25, -0.2) is 4.98 Å². The van der Waals surface area contributed by atoms with Crippen molar-refractivity contribution in [2.45, 2.75) is 6.92 Å². The van der Waals surface area contributed by atoms with Crippen molar-refractivity contribution in [2.75, 3.05) is 10.9 Å². The highest BCUT2D eigenvalue weighted by Crippen LogP contribution is 2.24. The van der Waals surface area contributed by atoms with Gasteiger partial charge in [0.2, 0.25) is 5.13 Å². The molecule has 0 saturated heterocycles. The van der Waals surface area contributed by atoms with E-state index in [0.29, 0.717) is 5.84 Å². The second-order valence-corrected chi connectivity index (χ2v) is 5.74. The summed E-state index contributed by atoms with van der Waals surface area (Å²) >= 11 is 1.59. The number of allylic oxidation sites excluding steroid dienone is 1. The van der Waals surface area contributed by atoms with Crippen molar-refractivity contribution < 1.29 is 0 Å². The van der Waals surface area contributed by atoms with E-state index >= 15 is 0 Å². The van der Waals surface area contributed by atoms with Crippen LogP contribution in [0.15, 0.2) is 71.9 Å². The summed E-state index contributed by atoms with van der Waals surface area (Å²) in [5, 5.41) is 5.13. The summed E-state index contributed by atoms with van der Waals surface area (Å²) in [6.45, 7) is 1.94. The highest BCUT2D eigenvalue weighted by atomic mass is 32.1. The summed E-state index contributed by atoms with van der Waals surface area (Å²) in [5.41, 5.74) is 11.1. The number of hydrogen-bond acceptors (Lipinski definition) is 5. The molecule has 0 aliphatic carbocycles. The summed E-state index contributed by atoms with van der Waals surface area (Å²) in [7, 11) is 0. The lowest BCUT2D eigenvalue weighted by Crippen LogP contribution is -2.28. The number of amidine groups is 1. The van der Waals surface area contributed by atoms with Gasteiger partial charge in [-0.2, -0.15) is 5.10 Å². The van der Waals surface area contributed by atoms with Crippen molar-refractivity contribution in [2.24, 2.45) is 5.10 Å². The first-order valence-electron chi connectivity index (χ1n) is 7.24. The molecule has 0 radical (unpaired) electrons. The number of para-hydroxylation sites is 2. The number of hydrazine groups is 1. The molecule has 3 rings (SSSR count). The number of hydrogen-bond donors (Lipinski definition) is 3. The average molecular weight is 323 g/mol. The lowest BCUT2D eigenvalue weighted by Gasteiger charge is -2.07. The van der Waals surface area contributed by atoms with Gasteiger partial charge in [0.1, 0.15) is 0 Å². The zero-order chi connectivity index (χ0) is 15.9. The molecule has 0 saturated carbocycles. The highest BCUT2D eigenvalue weighted by molar-refractivity contribution is 7.22. The predicted octanol–water partition coefficient (Wildman–Crippen LogP) is 4.21. The van der Waals surface area contributed by atoms with Crippen molar-refractivity contribution in [3.8, 4) is 0 Å². The lowest BCUT2D eigenvalue weighted by atomic mass is 10.3. The molecule has 0 atom stereocenters. The molecule has 0 fully saturated rings. The fourth-order valence-electron chi connectivity index (χ4n) is 1.95. The molecule has 3 aromatic rings. The highest BCUT2D eigenvalue weighted by Gasteiger charge is 2.02. The standard InChI is InChI=1S/C17H17N5S/c1-2-8-16(20-19-13-9-4-3-5-10-13)21-22-17-18-14-11-6-7-12-15(14)23-17/h2-12,19H,1H3,(H,18,22)(H,20,21). The van der Waals surface area contributed by atoms with E-state index in [1.807, 2.05) is 67.6 Å². The molecule has 0 unspecified atom stereocenters. The van der Waals surface area contributed by atoms with Crippen LogP contribution in [-0.4, -0.2) is 10.8 Å². The van der Waals surface area contributed by atoms with E-state index in [1.165, 1.54) is 0 Å². The van der Waals surface area contributed by atoms with Crippen LogP contribution in [0.2, 0.25) is 0 Å². The molecule has 1 aromatic heterocycles. The molecule has 0 aliphatic heterocycles. The van der Waals surface area contributed by atoms with Gasteiger partial charge >= 0.3 is 0 Å². The summed E-state index contributed by atoms with van der Waals surface area (Å²) in [6, 6.07) is 17.8. The van der Waals surface area contributed by atoms with Crippen LogP contribution >= 0.6 is 11.3 Å². The molecule has 23 heavy (non-hydrogen) atoms. The van der Waals surface area contributed by atoms with E-state index in [1.54, 1.807) is 11.3 Å². The molecule has 1 heterocycles. The minimum Gasteiger partial charge on any atom is -0.281 e. The van der Waals surface area contributed by atoms with E-state index in [4.69, 9.17) is 0 Å².